The number of carbonyl (C=O) groups is 2. The van der Waals surface area contributed by atoms with Crippen molar-refractivity contribution >= 4 is 28.8 Å². The van der Waals surface area contributed by atoms with Crippen LogP contribution < -0.4 is 10.1 Å². The molecule has 2 amide bonds. The molecule has 3 aromatic carbocycles. The van der Waals surface area contributed by atoms with E-state index in [4.69, 9.17) is 4.74 Å². The van der Waals surface area contributed by atoms with Gasteiger partial charge in [-0.25, -0.2) is 4.98 Å². The highest BCUT2D eigenvalue weighted by atomic mass is 16.5. The van der Waals surface area contributed by atoms with Gasteiger partial charge in [-0.2, -0.15) is 0 Å². The van der Waals surface area contributed by atoms with Gasteiger partial charge in [-0.1, -0.05) is 30.3 Å². The zero-order valence-electron chi connectivity index (χ0n) is 17.5. The molecule has 0 aliphatic rings. The fraction of sp³-hybridized carbons (Fsp3) is 0.125. The molecule has 0 atom stereocenters. The number of methoxy groups -OCH3 is 1. The van der Waals surface area contributed by atoms with E-state index in [2.05, 4.69) is 15.3 Å². The summed E-state index contributed by atoms with van der Waals surface area (Å²) in [6, 6.07) is 20.2. The number of nitrogens with zero attached hydrogens (tertiary/aromatic N) is 2. The summed E-state index contributed by atoms with van der Waals surface area (Å²) in [5.41, 5.74) is 4.28. The smallest absolute Gasteiger partial charge is 0.257 e. The molecule has 31 heavy (non-hydrogen) atoms. The summed E-state index contributed by atoms with van der Waals surface area (Å²) in [4.78, 5) is 34.0. The zero-order valence-corrected chi connectivity index (χ0v) is 17.5. The van der Waals surface area contributed by atoms with Crippen molar-refractivity contribution in [3.63, 3.8) is 0 Å². The first kappa shape index (κ1) is 20.2. The van der Waals surface area contributed by atoms with Crippen LogP contribution in [0.3, 0.4) is 0 Å². The lowest BCUT2D eigenvalue weighted by Gasteiger charge is -2.10. The minimum atomic E-state index is -0.330. The minimum Gasteiger partial charge on any atom is -0.494 e. The number of ether oxygens (including phenoxy) is 1. The quantitative estimate of drug-likeness (QED) is 0.513. The van der Waals surface area contributed by atoms with E-state index in [1.54, 1.807) is 45.5 Å². The Morgan fingerprint density at radius 3 is 2.26 bits per heavy atom. The molecule has 0 aliphatic carbocycles. The zero-order chi connectivity index (χ0) is 22.0. The van der Waals surface area contributed by atoms with Crippen LogP contribution in [0.1, 0.15) is 20.7 Å². The van der Waals surface area contributed by atoms with Crippen molar-refractivity contribution < 1.29 is 14.3 Å². The molecular weight excluding hydrogens is 392 g/mol. The second kappa shape index (κ2) is 8.31. The van der Waals surface area contributed by atoms with Crippen molar-refractivity contribution in [3.05, 3.63) is 77.9 Å². The number of carbonyl (C=O) groups excluding carboxylic acids is 2. The molecule has 1 aromatic heterocycles. The number of nitrogens with one attached hydrogen (secondary N) is 2. The van der Waals surface area contributed by atoms with Gasteiger partial charge in [0.25, 0.3) is 11.8 Å². The highest BCUT2D eigenvalue weighted by molar-refractivity contribution is 6.05. The molecule has 0 spiro atoms. The van der Waals surface area contributed by atoms with Gasteiger partial charge in [0, 0.05) is 30.8 Å². The normalized spacial score (nSPS) is 10.7. The molecule has 7 heteroatoms. The van der Waals surface area contributed by atoms with E-state index in [1.807, 2.05) is 42.5 Å². The van der Waals surface area contributed by atoms with Gasteiger partial charge in [-0.05, 0) is 42.0 Å². The average molecular weight is 414 g/mol. The molecule has 0 radical (unpaired) electrons. The maximum absolute atomic E-state index is 12.7. The molecule has 0 unspecified atom stereocenters. The summed E-state index contributed by atoms with van der Waals surface area (Å²) in [7, 11) is 4.96. The monoisotopic (exact) mass is 414 g/mol. The Bertz CT molecular complexity index is 1250. The number of anilines is 1. The molecule has 2 N–H and O–H groups in total. The predicted molar refractivity (Wildman–Crippen MR) is 120 cm³/mol. The van der Waals surface area contributed by atoms with Gasteiger partial charge in [0.1, 0.15) is 16.8 Å². The fourth-order valence-electron chi connectivity index (χ4n) is 3.35. The Hall–Kier alpha value is -4.13. The molecule has 0 fully saturated rings. The average Bonchev–Trinajstić information content (AvgIpc) is 3.22. The molecule has 4 aromatic rings. The summed E-state index contributed by atoms with van der Waals surface area (Å²) >= 11 is 0. The van der Waals surface area contributed by atoms with Gasteiger partial charge in [0.15, 0.2) is 0 Å². The Labute approximate surface area is 179 Å². The molecule has 0 aliphatic heterocycles. The summed E-state index contributed by atoms with van der Waals surface area (Å²) in [5, 5.41) is 2.79. The maximum Gasteiger partial charge on any atom is 0.257 e. The fourth-order valence-corrected chi connectivity index (χ4v) is 3.35. The number of rotatable bonds is 5. The highest BCUT2D eigenvalue weighted by Gasteiger charge is 2.16. The molecule has 0 saturated heterocycles. The number of imidazole rings is 1. The first-order valence-corrected chi connectivity index (χ1v) is 9.73. The van der Waals surface area contributed by atoms with E-state index < -0.39 is 0 Å². The third kappa shape index (κ3) is 3.98. The van der Waals surface area contributed by atoms with Crippen LogP contribution in [0.2, 0.25) is 0 Å². The second-order valence-corrected chi connectivity index (χ2v) is 7.22. The van der Waals surface area contributed by atoms with Gasteiger partial charge in [-0.15, -0.1) is 0 Å². The number of fused-ring (bicyclic) bond motifs is 1. The molecule has 4 rings (SSSR count). The van der Waals surface area contributed by atoms with Crippen LogP contribution in [-0.2, 0) is 0 Å². The third-order valence-corrected chi connectivity index (χ3v) is 4.94. The highest BCUT2D eigenvalue weighted by Crippen LogP contribution is 2.33. The van der Waals surface area contributed by atoms with E-state index >= 15 is 0 Å². The van der Waals surface area contributed by atoms with E-state index in [1.165, 1.54) is 4.90 Å². The van der Waals surface area contributed by atoms with Crippen molar-refractivity contribution in [1.82, 2.24) is 14.9 Å². The van der Waals surface area contributed by atoms with E-state index in [9.17, 15) is 9.59 Å². The Balaban J connectivity index is 1.64. The number of H-pyrrole nitrogens is 1. The Morgan fingerprint density at radius 1 is 0.935 bits per heavy atom. The SMILES string of the molecule is COc1ccc(-c2ccccc2)c2nc(NC(=O)c3ccc(C(=O)N(C)C)cc3)[nH]c12. The maximum atomic E-state index is 12.7. The van der Waals surface area contributed by atoms with Crippen LogP contribution in [0, 0.1) is 0 Å². The van der Waals surface area contributed by atoms with E-state index in [0.717, 1.165) is 11.1 Å². The number of amides is 2. The van der Waals surface area contributed by atoms with Crippen LogP contribution in [0.5, 0.6) is 5.75 Å². The minimum absolute atomic E-state index is 0.121. The molecule has 156 valence electrons. The van der Waals surface area contributed by atoms with Crippen molar-refractivity contribution in [2.24, 2.45) is 0 Å². The first-order chi connectivity index (χ1) is 15.0. The van der Waals surface area contributed by atoms with E-state index in [-0.39, 0.29) is 11.8 Å². The number of hydrogen-bond acceptors (Lipinski definition) is 4. The second-order valence-electron chi connectivity index (χ2n) is 7.22. The lowest BCUT2D eigenvalue weighted by atomic mass is 10.0. The summed E-state index contributed by atoms with van der Waals surface area (Å²) in [6.45, 7) is 0. The van der Waals surface area contributed by atoms with Crippen molar-refractivity contribution in [2.45, 2.75) is 0 Å². The number of benzene rings is 3. The van der Waals surface area contributed by atoms with Crippen molar-refractivity contribution in [1.29, 1.82) is 0 Å². The number of hydrogen-bond donors (Lipinski definition) is 2. The third-order valence-electron chi connectivity index (χ3n) is 4.94. The largest absolute Gasteiger partial charge is 0.494 e. The Kier molecular flexibility index (Phi) is 5.41. The first-order valence-electron chi connectivity index (χ1n) is 9.73. The van der Waals surface area contributed by atoms with Crippen LogP contribution >= 0.6 is 0 Å². The summed E-state index contributed by atoms with van der Waals surface area (Å²) in [5.74, 6) is 0.497. The van der Waals surface area contributed by atoms with Gasteiger partial charge < -0.3 is 14.6 Å². The molecule has 0 saturated carbocycles. The number of aromatic amines is 1. The summed E-state index contributed by atoms with van der Waals surface area (Å²) in [6.07, 6.45) is 0. The van der Waals surface area contributed by atoms with Gasteiger partial charge in [0.05, 0.1) is 7.11 Å². The van der Waals surface area contributed by atoms with Gasteiger partial charge in [0.2, 0.25) is 5.95 Å². The van der Waals surface area contributed by atoms with Crippen molar-refractivity contribution in [2.75, 3.05) is 26.5 Å². The molecular formula is C24H22N4O3. The van der Waals surface area contributed by atoms with Crippen LogP contribution in [0.25, 0.3) is 22.2 Å². The summed E-state index contributed by atoms with van der Waals surface area (Å²) < 4.78 is 5.46. The lowest BCUT2D eigenvalue weighted by molar-refractivity contribution is 0.0827. The predicted octanol–water partition coefficient (Wildman–Crippen LogP) is 4.19. The van der Waals surface area contributed by atoms with Gasteiger partial charge >= 0.3 is 0 Å². The Morgan fingerprint density at radius 2 is 1.61 bits per heavy atom. The standard InChI is InChI=1S/C24H22N4O3/c1-28(2)23(30)17-11-9-16(10-12-17)22(29)27-24-25-20-18(15-7-5-4-6-8-15)13-14-19(31-3)21(20)26-24/h4-14H,1-3H3,(H2,25,26,27,29). The molecule has 1 heterocycles. The number of aromatic nitrogens is 2. The lowest BCUT2D eigenvalue weighted by Crippen LogP contribution is -2.21. The van der Waals surface area contributed by atoms with Crippen LogP contribution in [0.4, 0.5) is 5.95 Å². The van der Waals surface area contributed by atoms with E-state index in [0.29, 0.717) is 33.9 Å². The topological polar surface area (TPSA) is 87.3 Å². The van der Waals surface area contributed by atoms with Crippen molar-refractivity contribution in [3.8, 4) is 16.9 Å². The van der Waals surface area contributed by atoms with Crippen LogP contribution in [-0.4, -0.2) is 47.9 Å². The van der Waals surface area contributed by atoms with Gasteiger partial charge in [-0.3, -0.25) is 14.9 Å². The molecule has 7 nitrogen and oxygen atoms in total. The van der Waals surface area contributed by atoms with Crippen LogP contribution in [0.15, 0.2) is 66.7 Å². The molecule has 0 bridgehead atoms.